The highest BCUT2D eigenvalue weighted by Gasteiger charge is 2.55. The van der Waals surface area contributed by atoms with E-state index in [1.807, 2.05) is 13.0 Å². The van der Waals surface area contributed by atoms with Crippen LogP contribution in [0.5, 0.6) is 0 Å². The fourth-order valence-corrected chi connectivity index (χ4v) is 3.69. The molecular formula is C17H24O3. The van der Waals surface area contributed by atoms with Gasteiger partial charge in [-0.25, -0.2) is 0 Å². The van der Waals surface area contributed by atoms with Gasteiger partial charge in [-0.1, -0.05) is 32.1 Å². The van der Waals surface area contributed by atoms with E-state index in [-0.39, 0.29) is 29.0 Å². The standard InChI is InChI=1S/C17H24O3/c1-10-7-6-8-11(2)15(19)16(20-12(3)18)14-13(10)9-17(14,4)5/h8,13-14,16H,1,6-7,9H2,2-5H3/b11-8+/t13-,14+,16-/m1/s1. The molecule has 0 aromatic carbocycles. The van der Waals surface area contributed by atoms with Crippen LogP contribution in [0.4, 0.5) is 0 Å². The van der Waals surface area contributed by atoms with Gasteiger partial charge in [-0.2, -0.15) is 0 Å². The number of fused-ring (bicyclic) bond motifs is 1. The van der Waals surface area contributed by atoms with Crippen molar-refractivity contribution < 1.29 is 14.3 Å². The summed E-state index contributed by atoms with van der Waals surface area (Å²) in [5.41, 5.74) is 1.89. The number of carbonyl (C=O) groups excluding carboxylic acids is 2. The summed E-state index contributed by atoms with van der Waals surface area (Å²) in [4.78, 5) is 24.0. The van der Waals surface area contributed by atoms with Crippen LogP contribution in [-0.4, -0.2) is 17.9 Å². The first kappa shape index (κ1) is 15.0. The lowest BCUT2D eigenvalue weighted by atomic mass is 9.51. The molecule has 0 aliphatic heterocycles. The van der Waals surface area contributed by atoms with E-state index < -0.39 is 6.10 Å². The molecule has 0 spiro atoms. The highest BCUT2D eigenvalue weighted by Crippen LogP contribution is 2.56. The zero-order valence-corrected chi connectivity index (χ0v) is 12.9. The van der Waals surface area contributed by atoms with Gasteiger partial charge in [0.1, 0.15) is 0 Å². The second-order valence-corrected chi connectivity index (χ2v) is 6.80. The summed E-state index contributed by atoms with van der Waals surface area (Å²) in [6.07, 6.45) is 4.05. The van der Waals surface area contributed by atoms with Crippen LogP contribution in [-0.2, 0) is 14.3 Å². The Morgan fingerprint density at radius 1 is 1.45 bits per heavy atom. The number of hydrogen-bond donors (Lipinski definition) is 0. The van der Waals surface area contributed by atoms with Gasteiger partial charge in [0.2, 0.25) is 0 Å². The third-order valence-electron chi connectivity index (χ3n) is 4.79. The molecule has 0 heterocycles. The average Bonchev–Trinajstić information content (AvgIpc) is 2.35. The lowest BCUT2D eigenvalue weighted by Gasteiger charge is -2.54. The van der Waals surface area contributed by atoms with E-state index in [2.05, 4.69) is 20.4 Å². The fourth-order valence-electron chi connectivity index (χ4n) is 3.69. The van der Waals surface area contributed by atoms with Crippen LogP contribution in [0.15, 0.2) is 23.8 Å². The predicted octanol–water partition coefficient (Wildman–Crippen LogP) is 3.45. The molecule has 3 nitrogen and oxygen atoms in total. The van der Waals surface area contributed by atoms with Gasteiger partial charge < -0.3 is 4.74 Å². The number of esters is 1. The van der Waals surface area contributed by atoms with E-state index >= 15 is 0 Å². The molecule has 0 unspecified atom stereocenters. The van der Waals surface area contributed by atoms with Crippen molar-refractivity contribution in [1.29, 1.82) is 0 Å². The SMILES string of the molecule is C=C1CC/C=C(\C)C(=O)[C@H](OC(C)=O)[C@@H]2[C@@H]1CC2(C)C. The minimum absolute atomic E-state index is 0.00794. The molecule has 2 aliphatic carbocycles. The fraction of sp³-hybridized carbons (Fsp3) is 0.647. The van der Waals surface area contributed by atoms with E-state index in [4.69, 9.17) is 4.74 Å². The Balaban J connectivity index is 2.40. The van der Waals surface area contributed by atoms with Crippen LogP contribution in [0.1, 0.15) is 47.0 Å². The molecule has 2 aliphatic rings. The number of Topliss-reactive ketones (excluding diaryl/α,β-unsaturated/α-hetero) is 1. The molecule has 0 radical (unpaired) electrons. The molecule has 2 rings (SSSR count). The number of hydrogen-bond acceptors (Lipinski definition) is 3. The van der Waals surface area contributed by atoms with Gasteiger partial charge in [0.25, 0.3) is 0 Å². The predicted molar refractivity (Wildman–Crippen MR) is 78.1 cm³/mol. The van der Waals surface area contributed by atoms with E-state index in [0.29, 0.717) is 5.57 Å². The maximum atomic E-state index is 12.6. The topological polar surface area (TPSA) is 43.4 Å². The monoisotopic (exact) mass is 276 g/mol. The molecule has 110 valence electrons. The summed E-state index contributed by atoms with van der Waals surface area (Å²) in [6.45, 7) is 11.7. The third-order valence-corrected chi connectivity index (χ3v) is 4.79. The molecular weight excluding hydrogens is 252 g/mol. The molecule has 0 aromatic rings. The molecule has 20 heavy (non-hydrogen) atoms. The van der Waals surface area contributed by atoms with E-state index in [9.17, 15) is 9.59 Å². The normalized spacial score (nSPS) is 35.6. The maximum Gasteiger partial charge on any atom is 0.303 e. The Morgan fingerprint density at radius 3 is 2.65 bits per heavy atom. The van der Waals surface area contributed by atoms with E-state index in [0.717, 1.165) is 19.3 Å². The van der Waals surface area contributed by atoms with Gasteiger partial charge in [0, 0.05) is 12.8 Å². The molecule has 3 atom stereocenters. The lowest BCUT2D eigenvalue weighted by Crippen LogP contribution is -2.54. The first-order valence-electron chi connectivity index (χ1n) is 7.30. The number of carbonyl (C=O) groups is 2. The number of rotatable bonds is 1. The van der Waals surface area contributed by atoms with Crippen LogP contribution in [0.2, 0.25) is 0 Å². The summed E-state index contributed by atoms with van der Waals surface area (Å²) in [6, 6.07) is 0. The Kier molecular flexibility index (Phi) is 3.90. The van der Waals surface area contributed by atoms with Gasteiger partial charge in [0.05, 0.1) is 0 Å². The Morgan fingerprint density at radius 2 is 2.10 bits per heavy atom. The number of ether oxygens (including phenoxy) is 1. The van der Waals surface area contributed by atoms with Crippen molar-refractivity contribution in [3.8, 4) is 0 Å². The summed E-state index contributed by atoms with van der Waals surface area (Å²) < 4.78 is 5.41. The van der Waals surface area contributed by atoms with Gasteiger partial charge in [-0.3, -0.25) is 9.59 Å². The second kappa shape index (κ2) is 5.19. The summed E-state index contributed by atoms with van der Waals surface area (Å²) >= 11 is 0. The Hall–Kier alpha value is -1.38. The van der Waals surface area contributed by atoms with Crippen LogP contribution < -0.4 is 0 Å². The minimum Gasteiger partial charge on any atom is -0.454 e. The second-order valence-electron chi connectivity index (χ2n) is 6.80. The molecule has 3 heteroatoms. The Bertz CT molecular complexity index is 484. The maximum absolute atomic E-state index is 12.6. The number of allylic oxidation sites excluding steroid dienone is 2. The zero-order valence-electron chi connectivity index (χ0n) is 12.9. The average molecular weight is 276 g/mol. The van der Waals surface area contributed by atoms with Crippen LogP contribution >= 0.6 is 0 Å². The van der Waals surface area contributed by atoms with Gasteiger partial charge in [-0.05, 0) is 43.1 Å². The van der Waals surface area contributed by atoms with Crippen molar-refractivity contribution in [3.05, 3.63) is 23.8 Å². The van der Waals surface area contributed by atoms with E-state index in [1.165, 1.54) is 12.5 Å². The molecule has 0 N–H and O–H groups in total. The van der Waals surface area contributed by atoms with Crippen molar-refractivity contribution in [2.45, 2.75) is 53.1 Å². The molecule has 1 saturated carbocycles. The highest BCUT2D eigenvalue weighted by molar-refractivity contribution is 5.99. The van der Waals surface area contributed by atoms with Crippen molar-refractivity contribution in [2.75, 3.05) is 0 Å². The smallest absolute Gasteiger partial charge is 0.303 e. The van der Waals surface area contributed by atoms with Crippen molar-refractivity contribution in [3.63, 3.8) is 0 Å². The van der Waals surface area contributed by atoms with Crippen LogP contribution in [0.25, 0.3) is 0 Å². The van der Waals surface area contributed by atoms with Crippen LogP contribution in [0, 0.1) is 17.3 Å². The molecule has 0 saturated heterocycles. The van der Waals surface area contributed by atoms with Crippen molar-refractivity contribution in [2.24, 2.45) is 17.3 Å². The first-order valence-corrected chi connectivity index (χ1v) is 7.30. The quantitative estimate of drug-likeness (QED) is 0.544. The molecule has 0 bridgehead atoms. The van der Waals surface area contributed by atoms with E-state index in [1.54, 1.807) is 0 Å². The highest BCUT2D eigenvalue weighted by atomic mass is 16.5. The summed E-state index contributed by atoms with van der Waals surface area (Å²) in [5.74, 6) is -0.0921. The molecule has 0 amide bonds. The molecule has 0 aromatic heterocycles. The van der Waals surface area contributed by atoms with Crippen molar-refractivity contribution >= 4 is 11.8 Å². The summed E-state index contributed by atoms with van der Waals surface area (Å²) in [5, 5.41) is 0. The Labute approximate surface area is 121 Å². The van der Waals surface area contributed by atoms with Crippen LogP contribution in [0.3, 0.4) is 0 Å². The summed E-state index contributed by atoms with van der Waals surface area (Å²) in [7, 11) is 0. The van der Waals surface area contributed by atoms with Gasteiger partial charge in [-0.15, -0.1) is 0 Å². The first-order chi connectivity index (χ1) is 9.24. The number of ketones is 1. The zero-order chi connectivity index (χ0) is 15.1. The van der Waals surface area contributed by atoms with Gasteiger partial charge >= 0.3 is 5.97 Å². The molecule has 1 fully saturated rings. The third kappa shape index (κ3) is 2.58. The minimum atomic E-state index is -0.660. The largest absolute Gasteiger partial charge is 0.454 e. The van der Waals surface area contributed by atoms with Crippen molar-refractivity contribution in [1.82, 2.24) is 0 Å². The lowest BCUT2D eigenvalue weighted by molar-refractivity contribution is -0.168. The van der Waals surface area contributed by atoms with Gasteiger partial charge in [0.15, 0.2) is 11.9 Å².